The third-order valence-corrected chi connectivity index (χ3v) is 2.83. The summed E-state index contributed by atoms with van der Waals surface area (Å²) in [5, 5.41) is 0.687. The zero-order valence-corrected chi connectivity index (χ0v) is 9.56. The molecule has 0 spiro atoms. The number of aryl methyl sites for hydroxylation is 2. The molecule has 0 saturated heterocycles. The Bertz CT molecular complexity index is 269. The average Bonchev–Trinajstić information content (AvgIpc) is 2.44. The summed E-state index contributed by atoms with van der Waals surface area (Å²) < 4.78 is 10.3. The van der Waals surface area contributed by atoms with Crippen molar-refractivity contribution in [2.45, 2.75) is 25.1 Å². The highest BCUT2D eigenvalue weighted by Crippen LogP contribution is 2.20. The van der Waals surface area contributed by atoms with Crippen molar-refractivity contribution < 1.29 is 9.15 Å². The highest BCUT2D eigenvalue weighted by Gasteiger charge is 2.08. The number of thioether (sulfide) groups is 1. The highest BCUT2D eigenvalue weighted by molar-refractivity contribution is 7.99. The quantitative estimate of drug-likeness (QED) is 0.753. The van der Waals surface area contributed by atoms with Gasteiger partial charge in [-0.05, 0) is 13.8 Å². The molecule has 0 aliphatic rings. The van der Waals surface area contributed by atoms with Gasteiger partial charge in [0.2, 0.25) is 0 Å². The van der Waals surface area contributed by atoms with Gasteiger partial charge < -0.3 is 14.9 Å². The van der Waals surface area contributed by atoms with Crippen LogP contribution in [-0.4, -0.2) is 30.5 Å². The van der Waals surface area contributed by atoms with E-state index in [9.17, 15) is 0 Å². The molecule has 14 heavy (non-hydrogen) atoms. The minimum atomic E-state index is 0.0255. The zero-order chi connectivity index (χ0) is 10.6. The molecule has 1 atom stereocenters. The summed E-state index contributed by atoms with van der Waals surface area (Å²) in [6.45, 7) is 4.39. The molecule has 80 valence electrons. The van der Waals surface area contributed by atoms with Crippen LogP contribution < -0.4 is 5.73 Å². The molecule has 0 aliphatic heterocycles. The van der Waals surface area contributed by atoms with Gasteiger partial charge in [0.1, 0.15) is 5.76 Å². The average molecular weight is 216 g/mol. The van der Waals surface area contributed by atoms with Crippen LogP contribution in [-0.2, 0) is 4.74 Å². The van der Waals surface area contributed by atoms with Gasteiger partial charge in [-0.25, -0.2) is 4.98 Å². The second-order valence-corrected chi connectivity index (χ2v) is 4.12. The van der Waals surface area contributed by atoms with Gasteiger partial charge in [0.05, 0.1) is 12.3 Å². The van der Waals surface area contributed by atoms with Crippen molar-refractivity contribution in [2.24, 2.45) is 5.73 Å². The predicted molar refractivity (Wildman–Crippen MR) is 56.6 cm³/mol. The maximum Gasteiger partial charge on any atom is 0.256 e. The number of nitrogens with two attached hydrogens (primary N) is 1. The number of aromatic nitrogens is 1. The fourth-order valence-electron chi connectivity index (χ4n) is 0.946. The fourth-order valence-corrected chi connectivity index (χ4v) is 1.78. The van der Waals surface area contributed by atoms with Crippen LogP contribution in [0.2, 0.25) is 0 Å². The number of nitrogens with zero attached hydrogens (tertiary/aromatic N) is 1. The van der Waals surface area contributed by atoms with Gasteiger partial charge in [-0.2, -0.15) is 0 Å². The van der Waals surface area contributed by atoms with Gasteiger partial charge in [-0.3, -0.25) is 0 Å². The van der Waals surface area contributed by atoms with Crippen LogP contribution in [0.4, 0.5) is 0 Å². The molecular weight excluding hydrogens is 200 g/mol. The first-order chi connectivity index (χ1) is 6.63. The monoisotopic (exact) mass is 216 g/mol. The maximum atomic E-state index is 5.76. The molecule has 2 N–H and O–H groups in total. The lowest BCUT2D eigenvalue weighted by Gasteiger charge is -2.07. The van der Waals surface area contributed by atoms with E-state index < -0.39 is 0 Å². The van der Waals surface area contributed by atoms with E-state index in [0.717, 1.165) is 17.2 Å². The number of rotatable bonds is 5. The van der Waals surface area contributed by atoms with Crippen LogP contribution in [0.3, 0.4) is 0 Å². The summed E-state index contributed by atoms with van der Waals surface area (Å²) in [5.74, 6) is 1.63. The lowest BCUT2D eigenvalue weighted by molar-refractivity contribution is 0.186. The van der Waals surface area contributed by atoms with E-state index in [4.69, 9.17) is 14.9 Å². The first kappa shape index (κ1) is 11.6. The molecule has 1 rings (SSSR count). The van der Waals surface area contributed by atoms with E-state index in [0.29, 0.717) is 11.8 Å². The van der Waals surface area contributed by atoms with Crippen molar-refractivity contribution in [1.29, 1.82) is 0 Å². The molecule has 1 heterocycles. The zero-order valence-electron chi connectivity index (χ0n) is 8.74. The summed E-state index contributed by atoms with van der Waals surface area (Å²) >= 11 is 1.52. The van der Waals surface area contributed by atoms with E-state index >= 15 is 0 Å². The molecule has 0 saturated carbocycles. The molecule has 0 radical (unpaired) electrons. The molecular formula is C9H16N2O2S. The molecule has 0 fully saturated rings. The van der Waals surface area contributed by atoms with Gasteiger partial charge in [0.15, 0.2) is 0 Å². The standard InChI is InChI=1S/C9H16N2O2S/c1-6-7(2)13-9(11-6)14-5-8(10)4-12-3/h8H,4-5,10H2,1-3H3. The number of methoxy groups -OCH3 is 1. The summed E-state index contributed by atoms with van der Waals surface area (Å²) in [6, 6.07) is 0.0255. The Morgan fingerprint density at radius 1 is 1.57 bits per heavy atom. The lowest BCUT2D eigenvalue weighted by Crippen LogP contribution is -2.28. The van der Waals surface area contributed by atoms with Crippen molar-refractivity contribution >= 4 is 11.8 Å². The predicted octanol–water partition coefficient (Wildman–Crippen LogP) is 1.36. The summed E-state index contributed by atoms with van der Waals surface area (Å²) in [4.78, 5) is 4.24. The molecule has 0 bridgehead atoms. The van der Waals surface area contributed by atoms with E-state index in [2.05, 4.69) is 4.98 Å². The Morgan fingerprint density at radius 2 is 2.29 bits per heavy atom. The van der Waals surface area contributed by atoms with Crippen LogP contribution in [0.25, 0.3) is 0 Å². The SMILES string of the molecule is COCC(N)CSc1nc(C)c(C)o1. The van der Waals surface area contributed by atoms with Gasteiger partial charge in [-0.15, -0.1) is 0 Å². The van der Waals surface area contributed by atoms with Crippen molar-refractivity contribution in [1.82, 2.24) is 4.98 Å². The van der Waals surface area contributed by atoms with Crippen LogP contribution in [0.5, 0.6) is 0 Å². The number of hydrogen-bond donors (Lipinski definition) is 1. The number of ether oxygens (including phenoxy) is 1. The van der Waals surface area contributed by atoms with Crippen molar-refractivity contribution in [3.05, 3.63) is 11.5 Å². The molecule has 5 heteroatoms. The first-order valence-corrected chi connectivity index (χ1v) is 5.43. The third-order valence-electron chi connectivity index (χ3n) is 1.81. The Kier molecular flexibility index (Phi) is 4.44. The van der Waals surface area contributed by atoms with Gasteiger partial charge in [-0.1, -0.05) is 11.8 Å². The van der Waals surface area contributed by atoms with Crippen molar-refractivity contribution in [3.63, 3.8) is 0 Å². The maximum absolute atomic E-state index is 5.76. The van der Waals surface area contributed by atoms with Crippen LogP contribution in [0, 0.1) is 13.8 Å². The van der Waals surface area contributed by atoms with Crippen LogP contribution in [0.15, 0.2) is 9.64 Å². The van der Waals surface area contributed by atoms with Gasteiger partial charge in [0.25, 0.3) is 5.22 Å². The molecule has 0 aliphatic carbocycles. The molecule has 1 aromatic rings. The van der Waals surface area contributed by atoms with Crippen molar-refractivity contribution in [2.75, 3.05) is 19.5 Å². The number of hydrogen-bond acceptors (Lipinski definition) is 5. The Labute approximate surface area is 88.2 Å². The highest BCUT2D eigenvalue weighted by atomic mass is 32.2. The molecule has 4 nitrogen and oxygen atoms in total. The summed E-state index contributed by atoms with van der Waals surface area (Å²) in [7, 11) is 1.64. The molecule has 1 unspecified atom stereocenters. The Balaban J connectivity index is 2.38. The summed E-state index contributed by atoms with van der Waals surface area (Å²) in [6.07, 6.45) is 0. The third kappa shape index (κ3) is 3.32. The molecule has 1 aromatic heterocycles. The van der Waals surface area contributed by atoms with E-state index in [1.807, 2.05) is 13.8 Å². The lowest BCUT2D eigenvalue weighted by atomic mass is 10.4. The second-order valence-electron chi connectivity index (χ2n) is 3.15. The Morgan fingerprint density at radius 3 is 2.79 bits per heavy atom. The largest absolute Gasteiger partial charge is 0.437 e. The van der Waals surface area contributed by atoms with E-state index in [1.54, 1.807) is 7.11 Å². The summed E-state index contributed by atoms with van der Waals surface area (Å²) in [5.41, 5.74) is 6.70. The smallest absolute Gasteiger partial charge is 0.256 e. The van der Waals surface area contributed by atoms with Crippen molar-refractivity contribution in [3.8, 4) is 0 Å². The topological polar surface area (TPSA) is 61.3 Å². The minimum absolute atomic E-state index is 0.0255. The molecule has 0 amide bonds. The van der Waals surface area contributed by atoms with Gasteiger partial charge in [0, 0.05) is 18.9 Å². The minimum Gasteiger partial charge on any atom is -0.437 e. The second kappa shape index (κ2) is 5.38. The van der Waals surface area contributed by atoms with Crippen LogP contribution in [0.1, 0.15) is 11.5 Å². The number of oxazole rings is 1. The normalized spacial score (nSPS) is 13.1. The van der Waals surface area contributed by atoms with Gasteiger partial charge >= 0.3 is 0 Å². The molecule has 0 aromatic carbocycles. The van der Waals surface area contributed by atoms with Crippen LogP contribution >= 0.6 is 11.8 Å². The first-order valence-electron chi connectivity index (χ1n) is 4.45. The fraction of sp³-hybridized carbons (Fsp3) is 0.667. The van der Waals surface area contributed by atoms with E-state index in [-0.39, 0.29) is 6.04 Å². The Hall–Kier alpha value is -0.520. The van der Waals surface area contributed by atoms with E-state index in [1.165, 1.54) is 11.8 Å².